The van der Waals surface area contributed by atoms with Crippen LogP contribution >= 0.6 is 12.4 Å². The van der Waals surface area contributed by atoms with Crippen LogP contribution in [0.15, 0.2) is 30.3 Å². The summed E-state index contributed by atoms with van der Waals surface area (Å²) in [5, 5.41) is 9.39. The highest BCUT2D eigenvalue weighted by Gasteiger charge is 2.25. The minimum Gasteiger partial charge on any atom is -0.351 e. The van der Waals surface area contributed by atoms with E-state index in [0.29, 0.717) is 18.9 Å². The fourth-order valence-electron chi connectivity index (χ4n) is 3.15. The van der Waals surface area contributed by atoms with Crippen LogP contribution in [-0.2, 0) is 16.0 Å². The van der Waals surface area contributed by atoms with E-state index >= 15 is 0 Å². The monoisotopic (exact) mass is 367 g/mol. The number of carbonyl (C=O) groups excluding carboxylic acids is 2. The molecule has 1 fully saturated rings. The number of piperidine rings is 1. The van der Waals surface area contributed by atoms with Crippen LogP contribution in [0.3, 0.4) is 0 Å². The van der Waals surface area contributed by atoms with Gasteiger partial charge in [0.2, 0.25) is 11.8 Å². The van der Waals surface area contributed by atoms with Crippen molar-refractivity contribution in [3.63, 3.8) is 0 Å². The van der Waals surface area contributed by atoms with Crippen LogP contribution in [0.1, 0.15) is 45.1 Å². The van der Waals surface area contributed by atoms with E-state index in [4.69, 9.17) is 0 Å². The van der Waals surface area contributed by atoms with Crippen LogP contribution < -0.4 is 16.0 Å². The van der Waals surface area contributed by atoms with Crippen molar-refractivity contribution >= 4 is 24.2 Å². The number of carbonyl (C=O) groups is 2. The average molecular weight is 368 g/mol. The van der Waals surface area contributed by atoms with Gasteiger partial charge in [-0.25, -0.2) is 0 Å². The van der Waals surface area contributed by atoms with Gasteiger partial charge >= 0.3 is 0 Å². The lowest BCUT2D eigenvalue weighted by molar-refractivity contribution is -0.129. The van der Waals surface area contributed by atoms with E-state index in [2.05, 4.69) is 22.9 Å². The molecule has 1 saturated heterocycles. The van der Waals surface area contributed by atoms with E-state index < -0.39 is 6.04 Å². The van der Waals surface area contributed by atoms with E-state index in [1.807, 2.05) is 37.3 Å². The molecule has 1 aromatic carbocycles. The number of benzene rings is 1. The molecule has 0 saturated carbocycles. The summed E-state index contributed by atoms with van der Waals surface area (Å²) < 4.78 is 0. The van der Waals surface area contributed by atoms with Crippen LogP contribution in [0.4, 0.5) is 0 Å². The molecule has 3 unspecified atom stereocenters. The van der Waals surface area contributed by atoms with Gasteiger partial charge in [-0.05, 0) is 38.3 Å². The molecule has 25 heavy (non-hydrogen) atoms. The maximum atomic E-state index is 12.5. The normalized spacial score (nSPS) is 20.9. The zero-order valence-electron chi connectivity index (χ0n) is 15.1. The average Bonchev–Trinajstić information content (AvgIpc) is 2.55. The van der Waals surface area contributed by atoms with Crippen molar-refractivity contribution < 1.29 is 9.59 Å². The molecule has 3 atom stereocenters. The SMILES string of the molecule is CCCC(NC(=O)Cc1ccccc1)C(=O)NC1CCNC(C)C1.Cl. The van der Waals surface area contributed by atoms with E-state index in [0.717, 1.165) is 31.4 Å². The zero-order chi connectivity index (χ0) is 17.4. The minimum absolute atomic E-state index is 0. The molecule has 1 heterocycles. The van der Waals surface area contributed by atoms with Crippen molar-refractivity contribution in [1.82, 2.24) is 16.0 Å². The van der Waals surface area contributed by atoms with Gasteiger partial charge in [-0.3, -0.25) is 9.59 Å². The summed E-state index contributed by atoms with van der Waals surface area (Å²) in [4.78, 5) is 24.8. The second kappa shape index (κ2) is 11.1. The number of nitrogens with one attached hydrogen (secondary N) is 3. The van der Waals surface area contributed by atoms with Gasteiger partial charge in [-0.1, -0.05) is 43.7 Å². The lowest BCUT2D eigenvalue weighted by Crippen LogP contribution is -2.53. The summed E-state index contributed by atoms with van der Waals surface area (Å²) in [6.45, 7) is 5.07. The predicted octanol–water partition coefficient (Wildman–Crippen LogP) is 2.19. The zero-order valence-corrected chi connectivity index (χ0v) is 15.9. The van der Waals surface area contributed by atoms with Crippen molar-refractivity contribution in [2.45, 2.75) is 64.1 Å². The largest absolute Gasteiger partial charge is 0.351 e. The summed E-state index contributed by atoms with van der Waals surface area (Å²) >= 11 is 0. The van der Waals surface area contributed by atoms with Crippen LogP contribution in [0, 0.1) is 0 Å². The van der Waals surface area contributed by atoms with Crippen molar-refractivity contribution in [3.05, 3.63) is 35.9 Å². The smallest absolute Gasteiger partial charge is 0.242 e. The first-order chi connectivity index (χ1) is 11.6. The third-order valence-electron chi connectivity index (χ3n) is 4.41. The van der Waals surface area contributed by atoms with Gasteiger partial charge in [-0.2, -0.15) is 0 Å². The number of rotatable bonds is 7. The highest BCUT2D eigenvalue weighted by Crippen LogP contribution is 2.09. The molecule has 1 aromatic rings. The van der Waals surface area contributed by atoms with Gasteiger partial charge in [0.15, 0.2) is 0 Å². The van der Waals surface area contributed by atoms with Gasteiger partial charge < -0.3 is 16.0 Å². The van der Waals surface area contributed by atoms with Crippen LogP contribution in [0.2, 0.25) is 0 Å². The van der Waals surface area contributed by atoms with E-state index in [9.17, 15) is 9.59 Å². The molecule has 140 valence electrons. The molecule has 2 amide bonds. The van der Waals surface area contributed by atoms with Crippen molar-refractivity contribution in [3.8, 4) is 0 Å². The summed E-state index contributed by atoms with van der Waals surface area (Å²) in [6.07, 6.45) is 3.69. The van der Waals surface area contributed by atoms with Crippen molar-refractivity contribution in [2.75, 3.05) is 6.54 Å². The molecule has 0 aliphatic carbocycles. The van der Waals surface area contributed by atoms with E-state index in [-0.39, 0.29) is 30.3 Å². The lowest BCUT2D eigenvalue weighted by Gasteiger charge is -2.30. The maximum absolute atomic E-state index is 12.5. The Morgan fingerprint density at radius 1 is 1.28 bits per heavy atom. The number of halogens is 1. The second-order valence-electron chi connectivity index (χ2n) is 6.66. The first kappa shape index (κ1) is 21.5. The fourth-order valence-corrected chi connectivity index (χ4v) is 3.15. The molecule has 6 heteroatoms. The highest BCUT2D eigenvalue weighted by atomic mass is 35.5. The molecule has 0 spiro atoms. The Kier molecular flexibility index (Phi) is 9.53. The quantitative estimate of drug-likeness (QED) is 0.691. The number of hydrogen-bond donors (Lipinski definition) is 3. The van der Waals surface area contributed by atoms with Gasteiger partial charge in [0.1, 0.15) is 6.04 Å². The van der Waals surface area contributed by atoms with Crippen LogP contribution in [-0.4, -0.2) is 36.5 Å². The molecule has 0 aromatic heterocycles. The lowest BCUT2D eigenvalue weighted by atomic mass is 10.00. The molecular formula is C19H30ClN3O2. The van der Waals surface area contributed by atoms with Gasteiger partial charge in [0, 0.05) is 12.1 Å². The molecule has 5 nitrogen and oxygen atoms in total. The minimum atomic E-state index is -0.448. The Bertz CT molecular complexity index is 539. The Morgan fingerprint density at radius 3 is 2.64 bits per heavy atom. The van der Waals surface area contributed by atoms with Crippen molar-refractivity contribution in [1.29, 1.82) is 0 Å². The third-order valence-corrected chi connectivity index (χ3v) is 4.41. The Morgan fingerprint density at radius 2 is 2.00 bits per heavy atom. The Hall–Kier alpha value is -1.59. The molecule has 1 aliphatic heterocycles. The molecule has 1 aliphatic rings. The fraction of sp³-hybridized carbons (Fsp3) is 0.579. The standard InChI is InChI=1S/C19H29N3O2.ClH/c1-3-7-17(19(24)21-16-10-11-20-14(2)12-16)22-18(23)13-15-8-5-4-6-9-15;/h4-6,8-9,14,16-17,20H,3,7,10-13H2,1-2H3,(H,21,24)(H,22,23);1H. The first-order valence-electron chi connectivity index (χ1n) is 8.95. The summed E-state index contributed by atoms with van der Waals surface area (Å²) in [6, 6.07) is 9.76. The number of hydrogen-bond acceptors (Lipinski definition) is 3. The van der Waals surface area contributed by atoms with Crippen molar-refractivity contribution in [2.24, 2.45) is 0 Å². The van der Waals surface area contributed by atoms with Gasteiger partial charge in [0.05, 0.1) is 6.42 Å². The molecule has 2 rings (SSSR count). The van der Waals surface area contributed by atoms with E-state index in [1.54, 1.807) is 0 Å². The summed E-state index contributed by atoms with van der Waals surface area (Å²) in [7, 11) is 0. The Balaban J connectivity index is 0.00000312. The summed E-state index contributed by atoms with van der Waals surface area (Å²) in [5.74, 6) is -0.161. The topological polar surface area (TPSA) is 70.2 Å². The van der Waals surface area contributed by atoms with Gasteiger partial charge in [0.25, 0.3) is 0 Å². The molecule has 3 N–H and O–H groups in total. The first-order valence-corrected chi connectivity index (χ1v) is 8.95. The second-order valence-corrected chi connectivity index (χ2v) is 6.66. The number of amides is 2. The predicted molar refractivity (Wildman–Crippen MR) is 103 cm³/mol. The van der Waals surface area contributed by atoms with Crippen LogP contribution in [0.25, 0.3) is 0 Å². The summed E-state index contributed by atoms with van der Waals surface area (Å²) in [5.41, 5.74) is 0.956. The van der Waals surface area contributed by atoms with Gasteiger partial charge in [-0.15, -0.1) is 12.4 Å². The molecule has 0 radical (unpaired) electrons. The van der Waals surface area contributed by atoms with E-state index in [1.165, 1.54) is 0 Å². The molecular weight excluding hydrogens is 338 g/mol. The maximum Gasteiger partial charge on any atom is 0.242 e. The Labute approximate surface area is 156 Å². The highest BCUT2D eigenvalue weighted by molar-refractivity contribution is 5.88. The van der Waals surface area contributed by atoms with Crippen LogP contribution in [0.5, 0.6) is 0 Å². The third kappa shape index (κ3) is 7.45. The molecule has 0 bridgehead atoms.